The SMILES string of the molecule is CC(C)n1cc(Nc2cc(C(F)(F)F)ccn2)cn1. The van der Waals surface area contributed by atoms with Crippen LogP contribution in [-0.4, -0.2) is 14.8 Å². The summed E-state index contributed by atoms with van der Waals surface area (Å²) >= 11 is 0. The summed E-state index contributed by atoms with van der Waals surface area (Å²) in [5.41, 5.74) is -0.137. The highest BCUT2D eigenvalue weighted by Crippen LogP contribution is 2.30. The van der Waals surface area contributed by atoms with E-state index in [9.17, 15) is 13.2 Å². The molecule has 0 unspecified atom stereocenters. The number of halogens is 3. The number of hydrogen-bond acceptors (Lipinski definition) is 3. The molecule has 2 heterocycles. The summed E-state index contributed by atoms with van der Waals surface area (Å²) in [7, 11) is 0. The monoisotopic (exact) mass is 270 g/mol. The minimum absolute atomic E-state index is 0.137. The van der Waals surface area contributed by atoms with Gasteiger partial charge in [-0.2, -0.15) is 18.3 Å². The molecule has 4 nitrogen and oxygen atoms in total. The van der Waals surface area contributed by atoms with Crippen LogP contribution in [0.2, 0.25) is 0 Å². The molecule has 102 valence electrons. The van der Waals surface area contributed by atoms with Crippen LogP contribution in [0.1, 0.15) is 25.5 Å². The number of anilines is 2. The van der Waals surface area contributed by atoms with Crippen LogP contribution in [0.4, 0.5) is 24.7 Å². The molecule has 0 aliphatic carbocycles. The maximum absolute atomic E-state index is 12.5. The Kier molecular flexibility index (Phi) is 3.46. The lowest BCUT2D eigenvalue weighted by atomic mass is 10.2. The summed E-state index contributed by atoms with van der Waals surface area (Å²) in [6, 6.07) is 2.08. The normalized spacial score (nSPS) is 11.9. The second-order valence-corrected chi connectivity index (χ2v) is 4.36. The Bertz CT molecular complexity index is 560. The van der Waals surface area contributed by atoms with Gasteiger partial charge in [-0.25, -0.2) is 4.98 Å². The molecule has 2 rings (SSSR count). The van der Waals surface area contributed by atoms with E-state index in [1.807, 2.05) is 13.8 Å². The van der Waals surface area contributed by atoms with Crippen molar-refractivity contribution in [2.45, 2.75) is 26.1 Å². The van der Waals surface area contributed by atoms with E-state index >= 15 is 0 Å². The first-order chi connectivity index (χ1) is 8.86. The minimum Gasteiger partial charge on any atom is -0.338 e. The fraction of sp³-hybridized carbons (Fsp3) is 0.333. The molecule has 0 aliphatic heterocycles. The van der Waals surface area contributed by atoms with Gasteiger partial charge in [-0.15, -0.1) is 0 Å². The highest BCUT2D eigenvalue weighted by Gasteiger charge is 2.30. The molecule has 19 heavy (non-hydrogen) atoms. The zero-order valence-corrected chi connectivity index (χ0v) is 10.4. The fourth-order valence-corrected chi connectivity index (χ4v) is 1.51. The van der Waals surface area contributed by atoms with Crippen LogP contribution in [-0.2, 0) is 6.18 Å². The summed E-state index contributed by atoms with van der Waals surface area (Å²) in [5.74, 6) is 0.137. The van der Waals surface area contributed by atoms with Crippen LogP contribution in [0.5, 0.6) is 0 Å². The van der Waals surface area contributed by atoms with Crippen molar-refractivity contribution >= 4 is 11.5 Å². The molecule has 2 aromatic rings. The lowest BCUT2D eigenvalue weighted by molar-refractivity contribution is -0.137. The zero-order valence-electron chi connectivity index (χ0n) is 10.4. The van der Waals surface area contributed by atoms with Gasteiger partial charge in [-0.1, -0.05) is 0 Å². The second-order valence-electron chi connectivity index (χ2n) is 4.36. The van der Waals surface area contributed by atoms with Gasteiger partial charge in [0.25, 0.3) is 0 Å². The van der Waals surface area contributed by atoms with Crippen molar-refractivity contribution in [3.63, 3.8) is 0 Å². The van der Waals surface area contributed by atoms with Gasteiger partial charge >= 0.3 is 6.18 Å². The molecule has 1 N–H and O–H groups in total. The van der Waals surface area contributed by atoms with Gasteiger partial charge in [0, 0.05) is 18.4 Å². The molecule has 0 bridgehead atoms. The smallest absolute Gasteiger partial charge is 0.338 e. The molecule has 0 aliphatic rings. The second kappa shape index (κ2) is 4.91. The van der Waals surface area contributed by atoms with E-state index < -0.39 is 11.7 Å². The van der Waals surface area contributed by atoms with Gasteiger partial charge in [0.1, 0.15) is 5.82 Å². The van der Waals surface area contributed by atoms with Crippen LogP contribution in [0, 0.1) is 0 Å². The van der Waals surface area contributed by atoms with Crippen molar-refractivity contribution in [1.82, 2.24) is 14.8 Å². The van der Waals surface area contributed by atoms with E-state index in [0.29, 0.717) is 5.69 Å². The Morgan fingerprint density at radius 2 is 2.05 bits per heavy atom. The Hall–Kier alpha value is -2.05. The molecule has 0 aromatic carbocycles. The molecule has 0 atom stereocenters. The number of aromatic nitrogens is 3. The summed E-state index contributed by atoms with van der Waals surface area (Å²) in [5, 5.41) is 6.88. The molecular formula is C12H13F3N4. The Labute approximate surface area is 108 Å². The highest BCUT2D eigenvalue weighted by molar-refractivity contribution is 5.54. The molecule has 7 heteroatoms. The molecule has 0 fully saturated rings. The third-order valence-electron chi connectivity index (χ3n) is 2.49. The first kappa shape index (κ1) is 13.4. The topological polar surface area (TPSA) is 42.7 Å². The van der Waals surface area contributed by atoms with Gasteiger partial charge in [0.15, 0.2) is 0 Å². The van der Waals surface area contributed by atoms with Crippen LogP contribution in [0.25, 0.3) is 0 Å². The van der Waals surface area contributed by atoms with E-state index in [0.717, 1.165) is 18.3 Å². The summed E-state index contributed by atoms with van der Waals surface area (Å²) in [6.07, 6.45) is 0.00800. The van der Waals surface area contributed by atoms with E-state index in [4.69, 9.17) is 0 Å². The third kappa shape index (κ3) is 3.24. The molecule has 0 radical (unpaired) electrons. The Morgan fingerprint density at radius 1 is 1.32 bits per heavy atom. The highest BCUT2D eigenvalue weighted by atomic mass is 19.4. The Morgan fingerprint density at radius 3 is 2.63 bits per heavy atom. The summed E-state index contributed by atoms with van der Waals surface area (Å²) < 4.78 is 39.3. The van der Waals surface area contributed by atoms with Crippen molar-refractivity contribution in [3.8, 4) is 0 Å². The molecular weight excluding hydrogens is 257 g/mol. The zero-order chi connectivity index (χ0) is 14.0. The van der Waals surface area contributed by atoms with Gasteiger partial charge in [-0.05, 0) is 26.0 Å². The first-order valence-corrected chi connectivity index (χ1v) is 5.70. The minimum atomic E-state index is -4.37. The van der Waals surface area contributed by atoms with Crippen LogP contribution in [0.15, 0.2) is 30.7 Å². The predicted molar refractivity (Wildman–Crippen MR) is 65.1 cm³/mol. The predicted octanol–water partition coefficient (Wildman–Crippen LogP) is 3.62. The summed E-state index contributed by atoms with van der Waals surface area (Å²) in [6.45, 7) is 3.92. The van der Waals surface area contributed by atoms with E-state index in [1.165, 1.54) is 0 Å². The maximum atomic E-state index is 12.5. The van der Waals surface area contributed by atoms with Crippen molar-refractivity contribution in [1.29, 1.82) is 0 Å². The first-order valence-electron chi connectivity index (χ1n) is 5.70. The lowest BCUT2D eigenvalue weighted by Crippen LogP contribution is -2.06. The van der Waals surface area contributed by atoms with Crippen molar-refractivity contribution in [3.05, 3.63) is 36.3 Å². The number of pyridine rings is 1. The number of hydrogen-bond donors (Lipinski definition) is 1. The quantitative estimate of drug-likeness (QED) is 0.926. The van der Waals surface area contributed by atoms with Crippen LogP contribution < -0.4 is 5.32 Å². The van der Waals surface area contributed by atoms with E-state index in [2.05, 4.69) is 15.4 Å². The average molecular weight is 270 g/mol. The van der Waals surface area contributed by atoms with E-state index in [-0.39, 0.29) is 11.9 Å². The van der Waals surface area contributed by atoms with Gasteiger partial charge in [0.05, 0.1) is 17.4 Å². The number of rotatable bonds is 3. The standard InChI is InChI=1S/C12H13F3N4/c1-8(2)19-7-10(6-17-19)18-11-5-9(3-4-16-11)12(13,14)15/h3-8H,1-2H3,(H,16,18). The van der Waals surface area contributed by atoms with Crippen LogP contribution >= 0.6 is 0 Å². The summed E-state index contributed by atoms with van der Waals surface area (Å²) in [4.78, 5) is 3.85. The lowest BCUT2D eigenvalue weighted by Gasteiger charge is -2.08. The average Bonchev–Trinajstić information content (AvgIpc) is 2.77. The van der Waals surface area contributed by atoms with Crippen LogP contribution in [0.3, 0.4) is 0 Å². The number of nitrogens with one attached hydrogen (secondary N) is 1. The van der Waals surface area contributed by atoms with Crippen molar-refractivity contribution in [2.24, 2.45) is 0 Å². The Balaban J connectivity index is 2.19. The van der Waals surface area contributed by atoms with Crippen molar-refractivity contribution < 1.29 is 13.2 Å². The fourth-order valence-electron chi connectivity index (χ4n) is 1.51. The molecule has 0 saturated heterocycles. The van der Waals surface area contributed by atoms with Crippen molar-refractivity contribution in [2.75, 3.05) is 5.32 Å². The van der Waals surface area contributed by atoms with Gasteiger partial charge < -0.3 is 5.32 Å². The largest absolute Gasteiger partial charge is 0.416 e. The number of nitrogens with zero attached hydrogens (tertiary/aromatic N) is 3. The molecule has 0 saturated carbocycles. The molecule has 2 aromatic heterocycles. The van der Waals surface area contributed by atoms with Gasteiger partial charge in [0.2, 0.25) is 0 Å². The van der Waals surface area contributed by atoms with E-state index in [1.54, 1.807) is 17.1 Å². The number of alkyl halides is 3. The molecule has 0 spiro atoms. The molecule has 0 amide bonds. The maximum Gasteiger partial charge on any atom is 0.416 e. The van der Waals surface area contributed by atoms with Gasteiger partial charge in [-0.3, -0.25) is 4.68 Å². The third-order valence-corrected chi connectivity index (χ3v) is 2.49.